The number of hydrogen-bond acceptors (Lipinski definition) is 15. The Morgan fingerprint density at radius 3 is 1.44 bits per heavy atom. The van der Waals surface area contributed by atoms with E-state index in [1.807, 2.05) is 23.1 Å². The van der Waals surface area contributed by atoms with Crippen LogP contribution in [0.2, 0.25) is 0 Å². The van der Waals surface area contributed by atoms with E-state index in [0.29, 0.717) is 28.1 Å². The standard InChI is InChI=1S/C19H19FN4O3S2.C18H17FN4OS.C6H15N.CH3ClO2S/c1-28-19-21-10-9-15(22-19)18-17(12-3-5-13(20)6-4-12)23-16-8-7-14(24(16)18)11-27-29(2,25)26;1-25-18-20-9-8-14(21-18)17-16(11-2-4-12(19)5-3-11)22-15-7-6-13(10-24)23(15)17;1-4-7(5-2)6-3;1-5(2,3)4/h3-6,9-10,14H,7-8,11H2,1-2H3;2-5,8-9,13,24H,6-7,10H2,1H3;4-6H2,1-3H3;1H3/t14-;13-;;/m00../s1. The lowest BCUT2D eigenvalue weighted by molar-refractivity contribution is 0.234. The zero-order valence-electron chi connectivity index (χ0n) is 37.7. The number of nitrogens with zero attached hydrogens (tertiary/aromatic N) is 9. The largest absolute Gasteiger partial charge is 0.394 e. The first-order valence-electron chi connectivity index (χ1n) is 21.0. The summed E-state index contributed by atoms with van der Waals surface area (Å²) in [4.78, 5) is 29.6. The molecule has 2 aliphatic heterocycles. The second-order valence-electron chi connectivity index (χ2n) is 14.9. The number of aromatic nitrogens is 8. The molecule has 2 aliphatic rings. The van der Waals surface area contributed by atoms with Crippen LogP contribution in [0, 0.1) is 11.6 Å². The lowest BCUT2D eigenvalue weighted by Gasteiger charge is -2.17. The van der Waals surface area contributed by atoms with Crippen molar-refractivity contribution in [3.63, 3.8) is 0 Å². The molecule has 356 valence electrons. The minimum Gasteiger partial charge on any atom is -0.394 e. The van der Waals surface area contributed by atoms with Crippen molar-refractivity contribution >= 4 is 53.4 Å². The van der Waals surface area contributed by atoms with Crippen molar-refractivity contribution in [1.82, 2.24) is 43.9 Å². The summed E-state index contributed by atoms with van der Waals surface area (Å²) in [6.07, 6.45) is 12.3. The summed E-state index contributed by atoms with van der Waals surface area (Å²) in [6, 6.07) is 15.9. The maximum Gasteiger partial charge on any atom is 0.264 e. The van der Waals surface area contributed by atoms with Crippen LogP contribution in [0.1, 0.15) is 57.3 Å². The molecule has 0 bridgehead atoms. The zero-order valence-corrected chi connectivity index (χ0v) is 41.7. The Hall–Kier alpha value is -4.35. The Balaban J connectivity index is 0.000000200. The summed E-state index contributed by atoms with van der Waals surface area (Å²) < 4.78 is 77.7. The molecule has 22 heteroatoms. The molecule has 2 atom stereocenters. The van der Waals surface area contributed by atoms with Crippen molar-refractivity contribution in [2.24, 2.45) is 0 Å². The molecule has 4 aromatic heterocycles. The van der Waals surface area contributed by atoms with Gasteiger partial charge < -0.3 is 19.1 Å². The average molecular weight is 1010 g/mol. The lowest BCUT2D eigenvalue weighted by Crippen LogP contribution is -2.21. The van der Waals surface area contributed by atoms with E-state index in [1.54, 1.807) is 42.7 Å². The van der Waals surface area contributed by atoms with Crippen LogP contribution in [0.25, 0.3) is 45.3 Å². The number of thioether (sulfide) groups is 2. The summed E-state index contributed by atoms with van der Waals surface area (Å²) in [7, 11) is -2.25. The minimum absolute atomic E-state index is 0.0145. The highest BCUT2D eigenvalue weighted by atomic mass is 35.7. The number of rotatable bonds is 13. The van der Waals surface area contributed by atoms with Gasteiger partial charge in [0.05, 0.1) is 72.0 Å². The first-order chi connectivity index (χ1) is 31.4. The average Bonchev–Trinajstić information content (AvgIpc) is 4.07. The fourth-order valence-corrected chi connectivity index (χ4v) is 8.52. The Morgan fingerprint density at radius 2 is 1.09 bits per heavy atom. The number of fused-ring (bicyclic) bond motifs is 2. The number of halogens is 3. The highest BCUT2D eigenvalue weighted by Gasteiger charge is 2.33. The molecule has 0 spiro atoms. The summed E-state index contributed by atoms with van der Waals surface area (Å²) >= 11 is 2.90. The van der Waals surface area contributed by atoms with Crippen molar-refractivity contribution in [2.45, 2.75) is 68.9 Å². The third kappa shape index (κ3) is 14.3. The van der Waals surface area contributed by atoms with E-state index in [0.717, 1.165) is 77.3 Å². The van der Waals surface area contributed by atoms with Crippen molar-refractivity contribution < 1.29 is 34.9 Å². The Bertz CT molecular complexity index is 2750. The van der Waals surface area contributed by atoms with Crippen LogP contribution in [0.15, 0.2) is 83.4 Å². The fraction of sp³-hybridized carbons (Fsp3) is 0.409. The fourth-order valence-electron chi connectivity index (χ4n) is 7.40. The van der Waals surface area contributed by atoms with Crippen LogP contribution in [-0.2, 0) is 36.2 Å². The quantitative estimate of drug-likeness (QED) is 0.0504. The van der Waals surface area contributed by atoms with Crippen molar-refractivity contribution in [3.05, 3.63) is 96.3 Å². The van der Waals surface area contributed by atoms with Gasteiger partial charge in [-0.2, -0.15) is 8.42 Å². The Morgan fingerprint density at radius 1 is 0.697 bits per heavy atom. The van der Waals surface area contributed by atoms with E-state index < -0.39 is 19.2 Å². The lowest BCUT2D eigenvalue weighted by atomic mass is 10.1. The number of hydrogen-bond donors (Lipinski definition) is 1. The Kier molecular flexibility index (Phi) is 19.2. The van der Waals surface area contributed by atoms with E-state index in [-0.39, 0.29) is 36.9 Å². The maximum atomic E-state index is 13.4. The number of aliphatic hydroxyl groups excluding tert-OH is 1. The van der Waals surface area contributed by atoms with Gasteiger partial charge in [-0.3, -0.25) is 4.18 Å². The molecule has 0 amide bonds. The van der Waals surface area contributed by atoms with Gasteiger partial charge >= 0.3 is 0 Å². The SMILES string of the molecule is CCN(CC)CC.CS(=O)(=O)Cl.CSc1nccc(-c2c(-c3ccc(F)cc3)nc3n2[C@H](CO)CC3)n1.CSc1nccc(-c2c(-c3ccc(F)cc3)nc3n2[C@H](COS(C)(=O)=O)CC3)n1. The van der Waals surface area contributed by atoms with E-state index in [4.69, 9.17) is 14.2 Å². The van der Waals surface area contributed by atoms with Crippen LogP contribution in [0.3, 0.4) is 0 Å². The van der Waals surface area contributed by atoms with Gasteiger partial charge in [-0.1, -0.05) is 44.3 Å². The van der Waals surface area contributed by atoms with E-state index in [2.05, 4.69) is 60.9 Å². The highest BCUT2D eigenvalue weighted by Crippen LogP contribution is 2.41. The molecular formula is C44H54ClF2N9O6S4. The van der Waals surface area contributed by atoms with Gasteiger partial charge in [0, 0.05) is 47.0 Å². The summed E-state index contributed by atoms with van der Waals surface area (Å²) in [5.74, 6) is 1.15. The van der Waals surface area contributed by atoms with Crippen molar-refractivity contribution in [2.75, 3.05) is 57.9 Å². The smallest absolute Gasteiger partial charge is 0.264 e. The molecule has 0 saturated heterocycles. The molecule has 1 N–H and O–H groups in total. The van der Waals surface area contributed by atoms with E-state index >= 15 is 0 Å². The molecule has 0 unspecified atom stereocenters. The van der Waals surface area contributed by atoms with Gasteiger partial charge in [-0.15, -0.1) is 0 Å². The first kappa shape index (κ1) is 52.6. The van der Waals surface area contributed by atoms with Gasteiger partial charge in [0.2, 0.25) is 9.05 Å². The minimum atomic E-state index is -3.56. The molecule has 6 heterocycles. The topological polar surface area (TPSA) is 188 Å². The third-order valence-corrected chi connectivity index (χ3v) is 12.2. The number of aliphatic hydroxyl groups is 1. The van der Waals surface area contributed by atoms with E-state index in [1.165, 1.54) is 67.4 Å². The molecule has 6 aromatic rings. The molecule has 0 saturated carbocycles. The van der Waals surface area contributed by atoms with Crippen molar-refractivity contribution in [1.29, 1.82) is 0 Å². The van der Waals surface area contributed by atoms with Gasteiger partial charge in [-0.05, 0) is 106 Å². The zero-order chi connectivity index (χ0) is 48.2. The number of benzene rings is 2. The molecular weight excluding hydrogens is 952 g/mol. The van der Waals surface area contributed by atoms with Crippen LogP contribution >= 0.6 is 34.2 Å². The normalized spacial score (nSPS) is 15.2. The monoisotopic (exact) mass is 1010 g/mol. The van der Waals surface area contributed by atoms with Crippen molar-refractivity contribution in [3.8, 4) is 45.3 Å². The van der Waals surface area contributed by atoms with Crippen LogP contribution in [0.4, 0.5) is 8.78 Å². The first-order valence-corrected chi connectivity index (χ1v) is 28.0. The second-order valence-corrected chi connectivity index (χ2v) is 21.2. The van der Waals surface area contributed by atoms with Crippen LogP contribution < -0.4 is 0 Å². The van der Waals surface area contributed by atoms with Crippen LogP contribution in [-0.4, -0.2) is 124 Å². The predicted octanol–water partition coefficient (Wildman–Crippen LogP) is 8.21. The number of aryl methyl sites for hydroxylation is 2. The van der Waals surface area contributed by atoms with Gasteiger partial charge in [0.25, 0.3) is 10.1 Å². The van der Waals surface area contributed by atoms with Crippen LogP contribution in [0.5, 0.6) is 0 Å². The Labute approximate surface area is 398 Å². The van der Waals surface area contributed by atoms with Gasteiger partial charge in [0.1, 0.15) is 23.3 Å². The van der Waals surface area contributed by atoms with Gasteiger partial charge in [0.15, 0.2) is 10.3 Å². The second kappa shape index (κ2) is 24.1. The number of imidazole rings is 2. The highest BCUT2D eigenvalue weighted by molar-refractivity contribution is 8.13. The van der Waals surface area contributed by atoms with E-state index in [9.17, 15) is 30.7 Å². The third-order valence-electron chi connectivity index (χ3n) is 10.5. The summed E-state index contributed by atoms with van der Waals surface area (Å²) in [5.41, 5.74) is 6.08. The van der Waals surface area contributed by atoms with Gasteiger partial charge in [-0.25, -0.2) is 47.1 Å². The predicted molar refractivity (Wildman–Crippen MR) is 258 cm³/mol. The molecule has 0 fully saturated rings. The summed E-state index contributed by atoms with van der Waals surface area (Å²) in [6.45, 7) is 10.2. The molecule has 66 heavy (non-hydrogen) atoms. The molecule has 0 radical (unpaired) electrons. The molecule has 8 rings (SSSR count). The summed E-state index contributed by atoms with van der Waals surface area (Å²) in [5, 5.41) is 11.1. The molecule has 2 aromatic carbocycles. The molecule has 0 aliphatic carbocycles. The molecule has 15 nitrogen and oxygen atoms in total. The maximum absolute atomic E-state index is 13.4.